The number of benzene rings is 1. The lowest BCUT2D eigenvalue weighted by atomic mass is 9.90. The van der Waals surface area contributed by atoms with Crippen LogP contribution >= 0.6 is 15.9 Å². The van der Waals surface area contributed by atoms with E-state index in [1.807, 2.05) is 31.2 Å². The largest absolute Gasteiger partial charge is 0.385 e. The molecular formula is C17H27BrO. The Morgan fingerprint density at radius 2 is 1.58 bits per heavy atom. The smallest absolute Gasteiger partial charge is 0.0879 e. The van der Waals surface area contributed by atoms with Crippen molar-refractivity contribution in [2.75, 3.05) is 0 Å². The summed E-state index contributed by atoms with van der Waals surface area (Å²) in [6.45, 7) is 4.17. The molecule has 0 saturated carbocycles. The molecule has 0 saturated heterocycles. The van der Waals surface area contributed by atoms with Crippen molar-refractivity contribution < 1.29 is 5.11 Å². The predicted octanol–water partition coefficient (Wildman–Crippen LogP) is 5.80. The average Bonchev–Trinajstić information content (AvgIpc) is 2.38. The van der Waals surface area contributed by atoms with E-state index in [1.54, 1.807) is 0 Å². The molecule has 0 spiro atoms. The number of rotatable bonds is 9. The van der Waals surface area contributed by atoms with E-state index < -0.39 is 5.60 Å². The van der Waals surface area contributed by atoms with Crippen molar-refractivity contribution in [1.82, 2.24) is 0 Å². The fourth-order valence-electron chi connectivity index (χ4n) is 2.46. The lowest BCUT2D eigenvalue weighted by molar-refractivity contribution is 0.0441. The number of halogens is 1. The zero-order chi connectivity index (χ0) is 14.1. The fourth-order valence-corrected chi connectivity index (χ4v) is 3.17. The normalized spacial score (nSPS) is 14.3. The molecule has 1 aromatic rings. The van der Waals surface area contributed by atoms with Gasteiger partial charge in [-0.1, -0.05) is 86.0 Å². The molecule has 1 atom stereocenters. The van der Waals surface area contributed by atoms with Gasteiger partial charge < -0.3 is 5.11 Å². The minimum absolute atomic E-state index is 0.719. The van der Waals surface area contributed by atoms with Gasteiger partial charge in [-0.15, -0.1) is 0 Å². The average molecular weight is 327 g/mol. The van der Waals surface area contributed by atoms with Crippen molar-refractivity contribution in [1.29, 1.82) is 0 Å². The molecule has 0 amide bonds. The van der Waals surface area contributed by atoms with Crippen LogP contribution in [-0.2, 0) is 5.60 Å². The SMILES string of the molecule is CCCCCCCCCC(C)(O)c1ccccc1Br. The highest BCUT2D eigenvalue weighted by Gasteiger charge is 2.24. The minimum Gasteiger partial charge on any atom is -0.385 e. The second kappa shape index (κ2) is 8.76. The first kappa shape index (κ1) is 16.7. The third kappa shape index (κ3) is 6.09. The number of hydrogen-bond donors (Lipinski definition) is 1. The quantitative estimate of drug-likeness (QED) is 0.569. The molecule has 0 aliphatic carbocycles. The Morgan fingerprint density at radius 1 is 1.00 bits per heavy atom. The zero-order valence-electron chi connectivity index (χ0n) is 12.3. The van der Waals surface area contributed by atoms with Crippen molar-refractivity contribution in [2.24, 2.45) is 0 Å². The Hall–Kier alpha value is -0.340. The van der Waals surface area contributed by atoms with Gasteiger partial charge in [-0.25, -0.2) is 0 Å². The maximum absolute atomic E-state index is 10.6. The minimum atomic E-state index is -0.719. The molecule has 0 bridgehead atoms. The molecule has 2 heteroatoms. The van der Waals surface area contributed by atoms with E-state index in [-0.39, 0.29) is 0 Å². The van der Waals surface area contributed by atoms with Crippen LogP contribution in [0.5, 0.6) is 0 Å². The van der Waals surface area contributed by atoms with Crippen LogP contribution in [0.1, 0.15) is 70.8 Å². The van der Waals surface area contributed by atoms with E-state index in [9.17, 15) is 5.11 Å². The van der Waals surface area contributed by atoms with Crippen LogP contribution in [0.3, 0.4) is 0 Å². The molecule has 1 nitrogen and oxygen atoms in total. The lowest BCUT2D eigenvalue weighted by Crippen LogP contribution is -2.21. The van der Waals surface area contributed by atoms with Crippen molar-refractivity contribution in [3.05, 3.63) is 34.3 Å². The summed E-state index contributed by atoms with van der Waals surface area (Å²) in [5.41, 5.74) is 0.282. The third-order valence-corrected chi connectivity index (χ3v) is 4.41. The Balaban J connectivity index is 2.30. The first-order valence-electron chi connectivity index (χ1n) is 7.55. The molecule has 1 unspecified atom stereocenters. The molecule has 0 aliphatic heterocycles. The van der Waals surface area contributed by atoms with Crippen LogP contribution in [0.25, 0.3) is 0 Å². The molecule has 0 heterocycles. The van der Waals surface area contributed by atoms with Crippen molar-refractivity contribution in [3.63, 3.8) is 0 Å². The van der Waals surface area contributed by atoms with Gasteiger partial charge in [0.2, 0.25) is 0 Å². The zero-order valence-corrected chi connectivity index (χ0v) is 13.9. The Bertz CT molecular complexity index is 360. The van der Waals surface area contributed by atoms with Gasteiger partial charge in [0, 0.05) is 4.47 Å². The van der Waals surface area contributed by atoms with Gasteiger partial charge in [0.25, 0.3) is 0 Å². The number of unbranched alkanes of at least 4 members (excludes halogenated alkanes) is 6. The summed E-state index contributed by atoms with van der Waals surface area (Å²) in [6, 6.07) is 7.97. The summed E-state index contributed by atoms with van der Waals surface area (Å²) in [4.78, 5) is 0. The third-order valence-electron chi connectivity index (χ3n) is 3.72. The van der Waals surface area contributed by atoms with E-state index in [1.165, 1.54) is 38.5 Å². The first-order valence-corrected chi connectivity index (χ1v) is 8.34. The van der Waals surface area contributed by atoms with Gasteiger partial charge in [0.05, 0.1) is 5.60 Å². The van der Waals surface area contributed by atoms with Crippen molar-refractivity contribution in [3.8, 4) is 0 Å². The molecule has 1 rings (SSSR count). The maximum Gasteiger partial charge on any atom is 0.0879 e. The standard InChI is InChI=1S/C17H27BrO/c1-3-4-5-6-7-8-11-14-17(2,19)15-12-9-10-13-16(15)18/h9-10,12-13,19H,3-8,11,14H2,1-2H3. The van der Waals surface area contributed by atoms with Gasteiger partial charge in [0.1, 0.15) is 0 Å². The van der Waals surface area contributed by atoms with Gasteiger partial charge in [-0.3, -0.25) is 0 Å². The monoisotopic (exact) mass is 326 g/mol. The summed E-state index contributed by atoms with van der Waals surface area (Å²) in [7, 11) is 0. The summed E-state index contributed by atoms with van der Waals surface area (Å²) >= 11 is 3.52. The predicted molar refractivity (Wildman–Crippen MR) is 86.3 cm³/mol. The second-order valence-electron chi connectivity index (χ2n) is 5.63. The fraction of sp³-hybridized carbons (Fsp3) is 0.647. The van der Waals surface area contributed by atoms with E-state index in [2.05, 4.69) is 22.9 Å². The second-order valence-corrected chi connectivity index (χ2v) is 6.48. The van der Waals surface area contributed by atoms with E-state index >= 15 is 0 Å². The van der Waals surface area contributed by atoms with Gasteiger partial charge in [0.15, 0.2) is 0 Å². The van der Waals surface area contributed by atoms with Crippen LogP contribution in [0.15, 0.2) is 28.7 Å². The molecule has 1 aromatic carbocycles. The molecule has 0 aliphatic rings. The van der Waals surface area contributed by atoms with Crippen molar-refractivity contribution >= 4 is 15.9 Å². The Labute approximate surface area is 126 Å². The lowest BCUT2D eigenvalue weighted by Gasteiger charge is -2.25. The van der Waals surface area contributed by atoms with Gasteiger partial charge >= 0.3 is 0 Å². The molecule has 1 N–H and O–H groups in total. The Morgan fingerprint density at radius 3 is 2.21 bits per heavy atom. The summed E-state index contributed by atoms with van der Waals surface area (Å²) in [5, 5.41) is 10.6. The summed E-state index contributed by atoms with van der Waals surface area (Å²) in [6.07, 6.45) is 9.81. The Kier molecular flexibility index (Phi) is 7.70. The highest BCUT2D eigenvalue weighted by Crippen LogP contribution is 2.32. The molecule has 108 valence electrons. The molecule has 0 radical (unpaired) electrons. The van der Waals surface area contributed by atoms with Crippen LogP contribution in [0, 0.1) is 0 Å². The maximum atomic E-state index is 10.6. The molecule has 0 aromatic heterocycles. The van der Waals surface area contributed by atoms with Crippen LogP contribution < -0.4 is 0 Å². The first-order chi connectivity index (χ1) is 9.08. The number of aliphatic hydroxyl groups is 1. The van der Waals surface area contributed by atoms with Crippen molar-refractivity contribution in [2.45, 2.75) is 70.8 Å². The molecule has 0 fully saturated rings. The van der Waals surface area contributed by atoms with Gasteiger partial charge in [-0.2, -0.15) is 0 Å². The van der Waals surface area contributed by atoms with Crippen LogP contribution in [0.4, 0.5) is 0 Å². The highest BCUT2D eigenvalue weighted by molar-refractivity contribution is 9.10. The van der Waals surface area contributed by atoms with Crippen LogP contribution in [-0.4, -0.2) is 5.11 Å². The van der Waals surface area contributed by atoms with E-state index in [0.29, 0.717) is 0 Å². The van der Waals surface area contributed by atoms with E-state index in [4.69, 9.17) is 0 Å². The molecular weight excluding hydrogens is 300 g/mol. The molecule has 19 heavy (non-hydrogen) atoms. The highest BCUT2D eigenvalue weighted by atomic mass is 79.9. The van der Waals surface area contributed by atoms with Crippen LogP contribution in [0.2, 0.25) is 0 Å². The number of hydrogen-bond acceptors (Lipinski definition) is 1. The summed E-state index contributed by atoms with van der Waals surface area (Å²) in [5.74, 6) is 0. The van der Waals surface area contributed by atoms with Gasteiger partial charge in [-0.05, 0) is 25.0 Å². The topological polar surface area (TPSA) is 20.2 Å². The summed E-state index contributed by atoms with van der Waals surface area (Å²) < 4.78 is 1.00. The van der Waals surface area contributed by atoms with E-state index in [0.717, 1.165) is 22.9 Å².